The Labute approximate surface area is 146 Å². The third-order valence-electron chi connectivity index (χ3n) is 2.81. The van der Waals surface area contributed by atoms with Gasteiger partial charge in [-0.05, 0) is 29.5 Å². The van der Waals surface area contributed by atoms with Crippen molar-refractivity contribution in [3.63, 3.8) is 0 Å². The zero-order valence-electron chi connectivity index (χ0n) is 13.0. The van der Waals surface area contributed by atoms with E-state index < -0.39 is 32.4 Å². The molecule has 1 amide bonds. The fraction of sp³-hybridized carbons (Fsp3) is 0.143. The van der Waals surface area contributed by atoms with Gasteiger partial charge in [-0.15, -0.1) is 5.10 Å². The molecule has 11 heteroatoms. The number of methoxy groups -OCH3 is 1. The zero-order valence-corrected chi connectivity index (χ0v) is 14.6. The maximum absolute atomic E-state index is 13.7. The van der Waals surface area contributed by atoms with Crippen molar-refractivity contribution in [1.82, 2.24) is 5.32 Å². The van der Waals surface area contributed by atoms with Crippen LogP contribution in [0.4, 0.5) is 4.39 Å². The molecule has 0 radical (unpaired) electrons. The van der Waals surface area contributed by atoms with Gasteiger partial charge in [-0.3, -0.25) is 10.1 Å². The summed E-state index contributed by atoms with van der Waals surface area (Å²) in [5, 5.41) is 9.95. The molecular formula is C14H12FN3O5S2. The molecule has 0 atom stereocenters. The fourth-order valence-corrected chi connectivity index (χ4v) is 3.15. The minimum Gasteiger partial charge on any atom is -0.466 e. The number of thioether (sulfide) groups is 1. The Balaban J connectivity index is 2.12. The minimum atomic E-state index is -3.65. The lowest BCUT2D eigenvalue weighted by Gasteiger charge is -2.00. The molecule has 1 N–H and O–H groups in total. The number of halogens is 1. The summed E-state index contributed by atoms with van der Waals surface area (Å²) in [7, 11) is -2.47. The summed E-state index contributed by atoms with van der Waals surface area (Å²) in [5.74, 6) is -2.09. The molecule has 0 bridgehead atoms. The predicted molar refractivity (Wildman–Crippen MR) is 90.4 cm³/mol. The van der Waals surface area contributed by atoms with Crippen LogP contribution in [0.5, 0.6) is 0 Å². The average molecular weight is 385 g/mol. The molecule has 132 valence electrons. The average Bonchev–Trinajstić information content (AvgIpc) is 2.85. The van der Waals surface area contributed by atoms with Crippen LogP contribution in [-0.4, -0.2) is 45.0 Å². The third-order valence-corrected chi connectivity index (χ3v) is 4.84. The molecule has 1 aliphatic heterocycles. The van der Waals surface area contributed by atoms with Gasteiger partial charge in [-0.25, -0.2) is 17.6 Å². The van der Waals surface area contributed by atoms with Gasteiger partial charge in [0.1, 0.15) is 10.7 Å². The van der Waals surface area contributed by atoms with E-state index in [1.54, 1.807) is 0 Å². The summed E-state index contributed by atoms with van der Waals surface area (Å²) in [4.78, 5) is 22.4. The smallest absolute Gasteiger partial charge is 0.331 e. The Bertz CT molecular complexity index is 922. The molecule has 1 aliphatic rings. The van der Waals surface area contributed by atoms with Gasteiger partial charge < -0.3 is 4.74 Å². The van der Waals surface area contributed by atoms with Crippen molar-refractivity contribution >= 4 is 44.9 Å². The van der Waals surface area contributed by atoms with Gasteiger partial charge in [0.15, 0.2) is 15.0 Å². The number of ether oxygens (including phenoxy) is 1. The molecule has 0 unspecified atom stereocenters. The first-order valence-corrected chi connectivity index (χ1v) is 9.31. The highest BCUT2D eigenvalue weighted by Gasteiger charge is 2.25. The largest absolute Gasteiger partial charge is 0.466 e. The quantitative estimate of drug-likeness (QED) is 0.356. The number of nitrogens with one attached hydrogen (secondary N) is 1. The van der Waals surface area contributed by atoms with E-state index in [0.29, 0.717) is 0 Å². The van der Waals surface area contributed by atoms with Gasteiger partial charge in [0.2, 0.25) is 0 Å². The Hall–Kier alpha value is -2.53. The second-order valence-corrected chi connectivity index (χ2v) is 7.71. The third kappa shape index (κ3) is 4.97. The minimum absolute atomic E-state index is 0.101. The number of sulfone groups is 1. The SMILES string of the molecule is COC(=O)/C=C1/S/C(=N\N=Cc2ccc(S(C)(=O)=O)c(F)c2)NC1=O. The molecule has 1 aromatic rings. The van der Waals surface area contributed by atoms with Crippen LogP contribution in [0.3, 0.4) is 0 Å². The van der Waals surface area contributed by atoms with E-state index in [1.807, 2.05) is 0 Å². The first-order valence-electron chi connectivity index (χ1n) is 6.60. The van der Waals surface area contributed by atoms with Crippen molar-refractivity contribution in [2.75, 3.05) is 13.4 Å². The van der Waals surface area contributed by atoms with Crippen LogP contribution in [0.25, 0.3) is 0 Å². The summed E-state index contributed by atoms with van der Waals surface area (Å²) in [6.45, 7) is 0. The van der Waals surface area contributed by atoms with Crippen molar-refractivity contribution < 1.29 is 27.1 Å². The van der Waals surface area contributed by atoms with E-state index in [1.165, 1.54) is 19.4 Å². The number of carbonyl (C=O) groups is 2. The molecule has 0 aliphatic carbocycles. The molecule has 2 rings (SSSR count). The van der Waals surface area contributed by atoms with E-state index in [9.17, 15) is 22.4 Å². The molecular weight excluding hydrogens is 373 g/mol. The van der Waals surface area contributed by atoms with Crippen LogP contribution < -0.4 is 5.32 Å². The Morgan fingerprint density at radius 1 is 1.40 bits per heavy atom. The van der Waals surface area contributed by atoms with Gasteiger partial charge in [-0.2, -0.15) is 5.10 Å². The first-order chi connectivity index (χ1) is 11.7. The molecule has 0 saturated carbocycles. The van der Waals surface area contributed by atoms with Crippen molar-refractivity contribution in [2.45, 2.75) is 4.90 Å². The number of amides is 1. The lowest BCUT2D eigenvalue weighted by Crippen LogP contribution is -2.19. The lowest BCUT2D eigenvalue weighted by atomic mass is 10.2. The van der Waals surface area contributed by atoms with E-state index in [2.05, 4.69) is 20.3 Å². The Morgan fingerprint density at radius 2 is 2.12 bits per heavy atom. The molecule has 8 nitrogen and oxygen atoms in total. The van der Waals surface area contributed by atoms with Crippen LogP contribution in [0.2, 0.25) is 0 Å². The van der Waals surface area contributed by atoms with Gasteiger partial charge in [0.25, 0.3) is 5.91 Å². The van der Waals surface area contributed by atoms with Crippen molar-refractivity contribution in [2.24, 2.45) is 10.2 Å². The first kappa shape index (κ1) is 18.8. The number of nitrogens with zero attached hydrogens (tertiary/aromatic N) is 2. The van der Waals surface area contributed by atoms with E-state index in [4.69, 9.17) is 0 Å². The summed E-state index contributed by atoms with van der Waals surface area (Å²) in [6.07, 6.45) is 3.12. The van der Waals surface area contributed by atoms with Crippen LogP contribution in [0.15, 0.2) is 44.3 Å². The maximum atomic E-state index is 13.7. The molecule has 1 heterocycles. The van der Waals surface area contributed by atoms with Crippen LogP contribution in [0, 0.1) is 5.82 Å². The summed E-state index contributed by atoms with van der Waals surface area (Å²) < 4.78 is 40.8. The maximum Gasteiger partial charge on any atom is 0.331 e. The highest BCUT2D eigenvalue weighted by molar-refractivity contribution is 8.18. The van der Waals surface area contributed by atoms with Crippen LogP contribution in [-0.2, 0) is 24.2 Å². The van der Waals surface area contributed by atoms with E-state index in [0.717, 1.165) is 36.2 Å². The topological polar surface area (TPSA) is 114 Å². The summed E-state index contributed by atoms with van der Waals surface area (Å²) in [5.41, 5.74) is 0.286. The highest BCUT2D eigenvalue weighted by atomic mass is 32.2. The fourth-order valence-electron chi connectivity index (χ4n) is 1.69. The normalized spacial score (nSPS) is 18.1. The van der Waals surface area contributed by atoms with Crippen molar-refractivity contribution in [3.05, 3.63) is 40.6 Å². The van der Waals surface area contributed by atoms with Gasteiger partial charge in [-0.1, -0.05) is 6.07 Å². The molecule has 1 saturated heterocycles. The predicted octanol–water partition coefficient (Wildman–Crippen LogP) is 0.839. The molecule has 25 heavy (non-hydrogen) atoms. The molecule has 1 aromatic carbocycles. The zero-order chi connectivity index (χ0) is 18.6. The number of hydrogen-bond acceptors (Lipinski definition) is 8. The summed E-state index contributed by atoms with van der Waals surface area (Å²) in [6, 6.07) is 3.50. The number of rotatable bonds is 4. The highest BCUT2D eigenvalue weighted by Crippen LogP contribution is 2.23. The Kier molecular flexibility index (Phi) is 5.69. The number of amidine groups is 1. The molecule has 0 aromatic heterocycles. The van der Waals surface area contributed by atoms with Crippen LogP contribution in [0.1, 0.15) is 5.56 Å². The second kappa shape index (κ2) is 7.57. The van der Waals surface area contributed by atoms with Gasteiger partial charge in [0.05, 0.1) is 18.2 Å². The standard InChI is InChI=1S/C14H12FN3O5S2/c1-23-12(19)6-10-13(20)17-14(24-10)18-16-7-8-3-4-11(9(15)5-8)25(2,21)22/h3-7H,1-2H3,(H,17,18,20)/b10-6+,16-7?. The number of benzene rings is 1. The van der Waals surface area contributed by atoms with E-state index >= 15 is 0 Å². The second-order valence-electron chi connectivity index (χ2n) is 4.70. The summed E-state index contributed by atoms with van der Waals surface area (Å²) >= 11 is 0.889. The van der Waals surface area contributed by atoms with Crippen LogP contribution >= 0.6 is 11.8 Å². The lowest BCUT2D eigenvalue weighted by molar-refractivity contribution is -0.135. The Morgan fingerprint density at radius 3 is 2.72 bits per heavy atom. The number of esters is 1. The van der Waals surface area contributed by atoms with Crippen molar-refractivity contribution in [3.8, 4) is 0 Å². The number of hydrogen-bond donors (Lipinski definition) is 1. The number of carbonyl (C=O) groups excluding carboxylic acids is 2. The monoisotopic (exact) mass is 385 g/mol. The van der Waals surface area contributed by atoms with E-state index in [-0.39, 0.29) is 15.6 Å². The van der Waals surface area contributed by atoms with Crippen molar-refractivity contribution in [1.29, 1.82) is 0 Å². The van der Waals surface area contributed by atoms with Gasteiger partial charge >= 0.3 is 5.97 Å². The van der Waals surface area contributed by atoms with Gasteiger partial charge in [0, 0.05) is 12.3 Å². The molecule has 1 fully saturated rings. The molecule has 0 spiro atoms.